The molecule has 3 aromatic rings. The number of ketones is 1. The Balaban J connectivity index is 1.23. The Morgan fingerprint density at radius 1 is 0.896 bits per heavy atom. The molecule has 0 aromatic heterocycles. The van der Waals surface area contributed by atoms with Gasteiger partial charge in [0.25, 0.3) is 14.3 Å². The van der Waals surface area contributed by atoms with Crippen LogP contribution in [0.4, 0.5) is 0 Å². The minimum atomic E-state index is -2.73. The number of hydrogen-bond acceptors (Lipinski definition) is 8. The van der Waals surface area contributed by atoms with Gasteiger partial charge in [-0.2, -0.15) is 0 Å². The summed E-state index contributed by atoms with van der Waals surface area (Å²) in [6.45, 7) is 10.3. The van der Waals surface area contributed by atoms with Crippen LogP contribution in [0.1, 0.15) is 89.1 Å². The van der Waals surface area contributed by atoms with E-state index >= 15 is 0 Å². The van der Waals surface area contributed by atoms with Crippen LogP contribution in [-0.2, 0) is 29.9 Å². The van der Waals surface area contributed by atoms with Gasteiger partial charge in [-0.15, -0.1) is 0 Å². The second-order valence-corrected chi connectivity index (χ2v) is 18.7. The van der Waals surface area contributed by atoms with E-state index in [4.69, 9.17) is 28.1 Å². The van der Waals surface area contributed by atoms with Crippen molar-refractivity contribution >= 4 is 30.4 Å². The first-order valence-corrected chi connectivity index (χ1v) is 19.1. The monoisotopic (exact) mass is 672 g/mol. The lowest BCUT2D eigenvalue weighted by molar-refractivity contribution is -0.492. The van der Waals surface area contributed by atoms with Gasteiger partial charge in [-0.05, 0) is 46.8 Å². The van der Waals surface area contributed by atoms with E-state index in [1.807, 2.05) is 12.1 Å². The third-order valence-corrected chi connectivity index (χ3v) is 14.9. The van der Waals surface area contributed by atoms with Gasteiger partial charge in [0.15, 0.2) is 5.78 Å². The SMILES string of the molecule is COc1cc(OC(C)=O)cc(CC23OC4CC(CC(C4)O2)O3)c1C(=O)CCC[C@H](C)O[Si](c1ccccc1)(c1ccccc1)C(C)(C)C. The fraction of sp³-hybridized carbons (Fsp3) is 0.487. The fourth-order valence-corrected chi connectivity index (χ4v) is 12.6. The zero-order valence-corrected chi connectivity index (χ0v) is 30.0. The van der Waals surface area contributed by atoms with E-state index in [1.165, 1.54) is 24.4 Å². The second kappa shape index (κ2) is 13.9. The summed E-state index contributed by atoms with van der Waals surface area (Å²) in [5, 5.41) is 2.31. The molecular formula is C39H48O8Si. The maximum atomic E-state index is 14.1. The van der Waals surface area contributed by atoms with Crippen molar-refractivity contribution < 1.29 is 37.7 Å². The molecule has 3 heterocycles. The summed E-state index contributed by atoms with van der Waals surface area (Å²) in [6, 6.07) is 24.5. The van der Waals surface area contributed by atoms with E-state index in [0.29, 0.717) is 35.5 Å². The molecule has 4 aliphatic rings. The first kappa shape index (κ1) is 34.5. The van der Waals surface area contributed by atoms with E-state index in [9.17, 15) is 9.59 Å². The van der Waals surface area contributed by atoms with Crippen LogP contribution in [0, 0.1) is 0 Å². The van der Waals surface area contributed by atoms with E-state index in [0.717, 1.165) is 19.3 Å². The molecule has 1 saturated carbocycles. The molecule has 0 N–H and O–H groups in total. The van der Waals surface area contributed by atoms with E-state index < -0.39 is 20.3 Å². The Hall–Kier alpha value is -3.34. The molecule has 3 aliphatic heterocycles. The Bertz CT molecular complexity index is 1520. The van der Waals surface area contributed by atoms with Gasteiger partial charge < -0.3 is 28.1 Å². The molecule has 1 atom stereocenters. The van der Waals surface area contributed by atoms with Gasteiger partial charge in [0.05, 0.1) is 37.4 Å². The molecule has 9 heteroatoms. The lowest BCUT2D eigenvalue weighted by atomic mass is 9.87. The number of Topliss-reactive ketones (excluding diaryl/α,β-unsaturated/α-hetero) is 1. The third kappa shape index (κ3) is 7.02. The van der Waals surface area contributed by atoms with Crippen molar-refractivity contribution in [2.75, 3.05) is 7.11 Å². The molecule has 3 saturated heterocycles. The summed E-state index contributed by atoms with van der Waals surface area (Å²) in [5.74, 6) is -1.17. The van der Waals surface area contributed by atoms with Crippen molar-refractivity contribution in [1.29, 1.82) is 0 Å². The maximum absolute atomic E-state index is 14.1. The number of hydrogen-bond donors (Lipinski definition) is 0. The molecule has 8 nitrogen and oxygen atoms in total. The summed E-state index contributed by atoms with van der Waals surface area (Å²) < 4.78 is 37.3. The van der Waals surface area contributed by atoms with Crippen LogP contribution >= 0.6 is 0 Å². The topological polar surface area (TPSA) is 89.5 Å². The van der Waals surface area contributed by atoms with Crippen LogP contribution < -0.4 is 19.8 Å². The first-order chi connectivity index (χ1) is 22.9. The number of methoxy groups -OCH3 is 1. The maximum Gasteiger partial charge on any atom is 0.308 e. The molecule has 0 spiro atoms. The van der Waals surface area contributed by atoms with Gasteiger partial charge in [0.1, 0.15) is 11.5 Å². The fourth-order valence-electron chi connectivity index (χ4n) is 7.87. The molecule has 3 aromatic carbocycles. The van der Waals surface area contributed by atoms with Gasteiger partial charge in [-0.3, -0.25) is 9.59 Å². The highest BCUT2D eigenvalue weighted by atomic mass is 28.4. The highest BCUT2D eigenvalue weighted by Crippen LogP contribution is 2.47. The molecule has 7 rings (SSSR count). The van der Waals surface area contributed by atoms with Crippen LogP contribution in [0.25, 0.3) is 0 Å². The molecule has 4 bridgehead atoms. The first-order valence-electron chi connectivity index (χ1n) is 17.2. The molecule has 0 radical (unpaired) electrons. The summed E-state index contributed by atoms with van der Waals surface area (Å²) >= 11 is 0. The molecule has 256 valence electrons. The minimum absolute atomic E-state index is 0.0611. The van der Waals surface area contributed by atoms with Crippen LogP contribution in [0.2, 0.25) is 5.04 Å². The van der Waals surface area contributed by atoms with Crippen molar-refractivity contribution in [1.82, 2.24) is 0 Å². The second-order valence-electron chi connectivity index (χ2n) is 14.4. The molecule has 1 aliphatic carbocycles. The van der Waals surface area contributed by atoms with E-state index in [-0.39, 0.29) is 48.1 Å². The molecular weight excluding hydrogens is 625 g/mol. The average Bonchev–Trinajstić information content (AvgIpc) is 3.02. The van der Waals surface area contributed by atoms with Crippen molar-refractivity contribution in [2.45, 2.75) is 115 Å². The third-order valence-electron chi connectivity index (χ3n) is 9.75. The summed E-state index contributed by atoms with van der Waals surface area (Å²) in [7, 11) is -1.21. The molecule has 4 fully saturated rings. The summed E-state index contributed by atoms with van der Waals surface area (Å²) in [5.41, 5.74) is 1.04. The predicted octanol–water partition coefficient (Wildman–Crippen LogP) is 6.50. The zero-order chi connectivity index (χ0) is 34.1. The van der Waals surface area contributed by atoms with Crippen LogP contribution in [0.5, 0.6) is 11.5 Å². The van der Waals surface area contributed by atoms with Crippen molar-refractivity contribution in [3.05, 3.63) is 83.9 Å². The van der Waals surface area contributed by atoms with Gasteiger partial charge >= 0.3 is 5.97 Å². The quantitative estimate of drug-likeness (QED) is 0.0880. The van der Waals surface area contributed by atoms with Crippen molar-refractivity contribution in [3.63, 3.8) is 0 Å². The number of benzene rings is 3. The van der Waals surface area contributed by atoms with Gasteiger partial charge in [-0.1, -0.05) is 81.4 Å². The highest BCUT2D eigenvalue weighted by molar-refractivity contribution is 6.99. The Kier molecular flexibility index (Phi) is 9.98. The highest BCUT2D eigenvalue weighted by Gasteiger charge is 2.55. The van der Waals surface area contributed by atoms with E-state index in [1.54, 1.807) is 12.1 Å². The number of carbonyl (C=O) groups is 2. The Labute approximate surface area is 285 Å². The molecule has 0 amide bonds. The molecule has 0 unspecified atom stereocenters. The van der Waals surface area contributed by atoms with E-state index in [2.05, 4.69) is 76.2 Å². The number of ether oxygens (including phenoxy) is 5. The average molecular weight is 673 g/mol. The summed E-state index contributed by atoms with van der Waals surface area (Å²) in [4.78, 5) is 26.0. The molecule has 48 heavy (non-hydrogen) atoms. The summed E-state index contributed by atoms with van der Waals surface area (Å²) in [6.07, 6.45) is 4.40. The van der Waals surface area contributed by atoms with Crippen LogP contribution in [0.15, 0.2) is 72.8 Å². The number of rotatable bonds is 13. The largest absolute Gasteiger partial charge is 0.496 e. The lowest BCUT2D eigenvalue weighted by Gasteiger charge is -2.55. The van der Waals surface area contributed by atoms with Gasteiger partial charge in [-0.25, -0.2) is 0 Å². The van der Waals surface area contributed by atoms with Gasteiger partial charge in [0.2, 0.25) is 0 Å². The Morgan fingerprint density at radius 2 is 1.44 bits per heavy atom. The van der Waals surface area contributed by atoms with Crippen molar-refractivity contribution in [3.8, 4) is 11.5 Å². The van der Waals surface area contributed by atoms with Crippen LogP contribution in [-0.4, -0.2) is 57.6 Å². The Morgan fingerprint density at radius 3 is 1.92 bits per heavy atom. The van der Waals surface area contributed by atoms with Gasteiger partial charge in [0, 0.05) is 44.8 Å². The standard InChI is InChI=1S/C39H48O8Si/c1-26(47-48(38(3,4)5,33-15-9-7-10-16-33)34-17-11-8-12-18-34)14-13-19-35(41)37-28(20-29(43-27(2)40)24-36(37)42-6)25-39-44-30-21-31(45-39)23-32(22-30)46-39/h7-12,15-18,20,24,26,30-32H,13-14,19,21-23,25H2,1-6H3/t26-,30?,31?,32?,39?/m0/s1. The minimum Gasteiger partial charge on any atom is -0.496 e. The zero-order valence-electron chi connectivity index (χ0n) is 29.0. The number of carbonyl (C=O) groups excluding carboxylic acids is 2. The smallest absolute Gasteiger partial charge is 0.308 e. The van der Waals surface area contributed by atoms with Crippen molar-refractivity contribution in [2.24, 2.45) is 0 Å². The predicted molar refractivity (Wildman–Crippen MR) is 186 cm³/mol. The van der Waals surface area contributed by atoms with Crippen LogP contribution in [0.3, 0.4) is 0 Å². The number of esters is 1. The lowest BCUT2D eigenvalue weighted by Crippen LogP contribution is -2.67. The normalized spacial score (nSPS) is 23.9.